The van der Waals surface area contributed by atoms with Crippen LogP contribution < -0.4 is 4.80 Å². The Kier molecular flexibility index (Phi) is 5.06. The largest absolute Gasteiger partial charge is 0.387 e. The third-order valence-corrected chi connectivity index (χ3v) is 4.62. The van der Waals surface area contributed by atoms with E-state index in [0.717, 1.165) is 15.9 Å². The second-order valence-electron chi connectivity index (χ2n) is 5.60. The van der Waals surface area contributed by atoms with Crippen molar-refractivity contribution >= 4 is 22.7 Å². The van der Waals surface area contributed by atoms with Gasteiger partial charge in [0, 0.05) is 23.7 Å². The zero-order chi connectivity index (χ0) is 17.8. The maximum atomic E-state index is 10.8. The number of rotatable bonds is 5. The molecule has 0 bridgehead atoms. The number of aryl methyl sites for hydroxylation is 1. The summed E-state index contributed by atoms with van der Waals surface area (Å²) in [6, 6.07) is 14.1. The van der Waals surface area contributed by atoms with Crippen LogP contribution in [0.2, 0.25) is 0 Å². The summed E-state index contributed by atoms with van der Waals surface area (Å²) >= 11 is 1.45. The van der Waals surface area contributed by atoms with Crippen LogP contribution in [-0.2, 0) is 6.54 Å². The van der Waals surface area contributed by atoms with E-state index in [4.69, 9.17) is 0 Å². The van der Waals surface area contributed by atoms with Crippen LogP contribution in [0.4, 0.5) is 11.4 Å². The predicted octanol–water partition coefficient (Wildman–Crippen LogP) is 3.73. The molecule has 0 aliphatic rings. The first-order chi connectivity index (χ1) is 12.0. The van der Waals surface area contributed by atoms with Crippen LogP contribution in [0.15, 0.2) is 65.1 Å². The van der Waals surface area contributed by atoms with E-state index in [2.05, 4.69) is 4.99 Å². The van der Waals surface area contributed by atoms with Gasteiger partial charge in [-0.05, 0) is 24.1 Å². The van der Waals surface area contributed by atoms with E-state index in [0.29, 0.717) is 12.2 Å². The lowest BCUT2D eigenvalue weighted by Gasteiger charge is -2.11. The fourth-order valence-corrected chi connectivity index (χ4v) is 3.23. The highest BCUT2D eigenvalue weighted by atomic mass is 32.1. The zero-order valence-electron chi connectivity index (χ0n) is 13.6. The van der Waals surface area contributed by atoms with Gasteiger partial charge in [-0.25, -0.2) is 4.99 Å². The lowest BCUT2D eigenvalue weighted by Crippen LogP contribution is -2.18. The van der Waals surface area contributed by atoms with Crippen molar-refractivity contribution in [1.82, 2.24) is 4.57 Å². The molecule has 1 aromatic heterocycles. The number of nitrogens with zero attached hydrogens (tertiary/aromatic N) is 3. The minimum Gasteiger partial charge on any atom is -0.387 e. The van der Waals surface area contributed by atoms with Crippen LogP contribution in [0.3, 0.4) is 0 Å². The standard InChI is InChI=1S/C18H17N3O3S/c1-13-11-15(21(23)24)7-8-16(13)19-18-20(9-10-25-18)12-17(22)14-5-3-2-4-6-14/h2-11,17,22H,12H2,1H3. The number of aliphatic hydroxyl groups is 1. The van der Waals surface area contributed by atoms with Crippen LogP contribution >= 0.6 is 11.3 Å². The molecule has 128 valence electrons. The number of benzene rings is 2. The molecule has 1 unspecified atom stereocenters. The van der Waals surface area contributed by atoms with Gasteiger partial charge in [0.2, 0.25) is 0 Å². The van der Waals surface area contributed by atoms with Crippen LogP contribution in [0.5, 0.6) is 0 Å². The van der Waals surface area contributed by atoms with Gasteiger partial charge in [-0.15, -0.1) is 11.3 Å². The quantitative estimate of drug-likeness (QED) is 0.559. The molecular weight excluding hydrogens is 338 g/mol. The van der Waals surface area contributed by atoms with Crippen molar-refractivity contribution in [3.05, 3.63) is 86.2 Å². The van der Waals surface area contributed by atoms with E-state index < -0.39 is 11.0 Å². The van der Waals surface area contributed by atoms with Gasteiger partial charge in [0.25, 0.3) is 5.69 Å². The van der Waals surface area contributed by atoms with Gasteiger partial charge >= 0.3 is 0 Å². The van der Waals surface area contributed by atoms with Crippen molar-refractivity contribution in [2.45, 2.75) is 19.6 Å². The second-order valence-corrected chi connectivity index (χ2v) is 6.48. The zero-order valence-corrected chi connectivity index (χ0v) is 14.4. The Bertz CT molecular complexity index is 947. The average Bonchev–Trinajstić information content (AvgIpc) is 3.04. The fourth-order valence-electron chi connectivity index (χ4n) is 2.47. The molecule has 0 aliphatic heterocycles. The van der Waals surface area contributed by atoms with Gasteiger partial charge in [0.1, 0.15) is 0 Å². The Labute approximate surface area is 148 Å². The lowest BCUT2D eigenvalue weighted by atomic mass is 10.1. The Morgan fingerprint density at radius 2 is 2.04 bits per heavy atom. The third-order valence-electron chi connectivity index (χ3n) is 3.82. The van der Waals surface area contributed by atoms with Gasteiger partial charge in [-0.3, -0.25) is 10.1 Å². The van der Waals surface area contributed by atoms with E-state index in [-0.39, 0.29) is 5.69 Å². The third kappa shape index (κ3) is 4.01. The molecule has 25 heavy (non-hydrogen) atoms. The molecule has 0 saturated heterocycles. The molecule has 1 N–H and O–H groups in total. The van der Waals surface area contributed by atoms with Gasteiger partial charge in [0.15, 0.2) is 4.80 Å². The number of hydrogen-bond acceptors (Lipinski definition) is 5. The molecule has 0 saturated carbocycles. The topological polar surface area (TPSA) is 80.7 Å². The fraction of sp³-hybridized carbons (Fsp3) is 0.167. The first-order valence-corrected chi connectivity index (χ1v) is 8.59. The number of aromatic nitrogens is 1. The summed E-state index contributed by atoms with van der Waals surface area (Å²) in [6.07, 6.45) is 1.24. The minimum atomic E-state index is -0.632. The summed E-state index contributed by atoms with van der Waals surface area (Å²) in [5, 5.41) is 23.1. The van der Waals surface area contributed by atoms with Crippen molar-refractivity contribution < 1.29 is 10.0 Å². The van der Waals surface area contributed by atoms with E-state index in [1.54, 1.807) is 13.0 Å². The first-order valence-electron chi connectivity index (χ1n) is 7.71. The van der Waals surface area contributed by atoms with Crippen LogP contribution in [0.1, 0.15) is 17.2 Å². The molecule has 1 heterocycles. The van der Waals surface area contributed by atoms with Gasteiger partial charge in [0.05, 0.1) is 23.3 Å². The van der Waals surface area contributed by atoms with Gasteiger partial charge < -0.3 is 9.67 Å². The number of thiazole rings is 1. The Morgan fingerprint density at radius 3 is 2.72 bits per heavy atom. The van der Waals surface area contributed by atoms with Crippen LogP contribution in [0.25, 0.3) is 0 Å². The predicted molar refractivity (Wildman–Crippen MR) is 96.8 cm³/mol. The summed E-state index contributed by atoms with van der Waals surface area (Å²) in [4.78, 5) is 15.7. The van der Waals surface area contributed by atoms with Crippen LogP contribution in [-0.4, -0.2) is 14.6 Å². The smallest absolute Gasteiger partial charge is 0.269 e. The molecule has 0 spiro atoms. The summed E-state index contributed by atoms with van der Waals surface area (Å²) < 4.78 is 1.88. The maximum absolute atomic E-state index is 10.8. The highest BCUT2D eigenvalue weighted by molar-refractivity contribution is 7.07. The molecule has 0 radical (unpaired) electrons. The highest BCUT2D eigenvalue weighted by Crippen LogP contribution is 2.23. The average molecular weight is 355 g/mol. The van der Waals surface area contributed by atoms with Crippen molar-refractivity contribution in [2.75, 3.05) is 0 Å². The molecule has 1 atom stereocenters. The van der Waals surface area contributed by atoms with Crippen molar-refractivity contribution in [3.8, 4) is 0 Å². The van der Waals surface area contributed by atoms with E-state index in [9.17, 15) is 15.2 Å². The maximum Gasteiger partial charge on any atom is 0.269 e. The van der Waals surface area contributed by atoms with Crippen LogP contribution in [0, 0.1) is 17.0 Å². The number of nitro groups is 1. The Hall–Kier alpha value is -2.77. The molecule has 2 aromatic carbocycles. The monoisotopic (exact) mass is 355 g/mol. The van der Waals surface area contributed by atoms with Crippen molar-refractivity contribution in [1.29, 1.82) is 0 Å². The highest BCUT2D eigenvalue weighted by Gasteiger charge is 2.10. The van der Waals surface area contributed by atoms with E-state index in [1.165, 1.54) is 23.5 Å². The minimum absolute atomic E-state index is 0.0509. The molecule has 0 aliphatic carbocycles. The molecule has 6 nitrogen and oxygen atoms in total. The molecule has 3 aromatic rings. The summed E-state index contributed by atoms with van der Waals surface area (Å²) in [7, 11) is 0. The summed E-state index contributed by atoms with van der Waals surface area (Å²) in [5.41, 5.74) is 2.31. The second kappa shape index (κ2) is 7.42. The summed E-state index contributed by atoms with van der Waals surface area (Å²) in [6.45, 7) is 2.18. The SMILES string of the molecule is Cc1cc([N+](=O)[O-])ccc1N=c1sccn1CC(O)c1ccccc1. The molecular formula is C18H17N3O3S. The Morgan fingerprint density at radius 1 is 1.28 bits per heavy atom. The Balaban J connectivity index is 1.89. The number of aliphatic hydroxyl groups excluding tert-OH is 1. The molecule has 7 heteroatoms. The normalized spacial score (nSPS) is 13.0. The van der Waals surface area contributed by atoms with Crippen molar-refractivity contribution in [2.24, 2.45) is 4.99 Å². The lowest BCUT2D eigenvalue weighted by molar-refractivity contribution is -0.384. The molecule has 0 amide bonds. The summed E-state index contributed by atoms with van der Waals surface area (Å²) in [5.74, 6) is 0. The van der Waals surface area contributed by atoms with E-state index in [1.807, 2.05) is 46.5 Å². The molecule has 3 rings (SSSR count). The van der Waals surface area contributed by atoms with E-state index >= 15 is 0 Å². The number of non-ortho nitro benzene ring substituents is 1. The van der Waals surface area contributed by atoms with Gasteiger partial charge in [-0.2, -0.15) is 0 Å². The number of hydrogen-bond donors (Lipinski definition) is 1. The van der Waals surface area contributed by atoms with Gasteiger partial charge in [-0.1, -0.05) is 30.3 Å². The first kappa shape index (κ1) is 17.1. The van der Waals surface area contributed by atoms with Crippen molar-refractivity contribution in [3.63, 3.8) is 0 Å². The number of nitro benzene ring substituents is 1. The molecule has 0 fully saturated rings.